The van der Waals surface area contributed by atoms with Crippen LogP contribution in [0.5, 0.6) is 0 Å². The molecule has 2 saturated heterocycles. The number of fused-ring (bicyclic) bond motifs is 3. The van der Waals surface area contributed by atoms with Gasteiger partial charge in [-0.15, -0.1) is 0 Å². The van der Waals surface area contributed by atoms with Gasteiger partial charge in [0.25, 0.3) is 11.1 Å². The van der Waals surface area contributed by atoms with Crippen LogP contribution >= 0.6 is 6.72 Å². The number of hydrogen-bond donors (Lipinski definition) is 6. The lowest BCUT2D eigenvalue weighted by Crippen LogP contribution is -2.35. The van der Waals surface area contributed by atoms with E-state index in [1.807, 2.05) is 0 Å². The lowest BCUT2D eigenvalue weighted by atomic mass is 10.1. The molecule has 0 aromatic carbocycles. The molecule has 224 valence electrons. The monoisotopic (exact) mass is 631 g/mol. The van der Waals surface area contributed by atoms with Crippen LogP contribution in [0.1, 0.15) is 12.5 Å². The van der Waals surface area contributed by atoms with Crippen molar-refractivity contribution < 1.29 is 42.4 Å². The number of nitrogens with one attached hydrogen (secondary N) is 2. The van der Waals surface area contributed by atoms with Crippen molar-refractivity contribution in [2.24, 2.45) is 0 Å². The van der Waals surface area contributed by atoms with Gasteiger partial charge in [0.15, 0.2) is 52.7 Å². The van der Waals surface area contributed by atoms with E-state index in [4.69, 9.17) is 36.1 Å². The average molecular weight is 631 g/mol. The van der Waals surface area contributed by atoms with Crippen molar-refractivity contribution in [2.75, 3.05) is 12.3 Å². The third-order valence-electron chi connectivity index (χ3n) is 7.37. The van der Waals surface area contributed by atoms with Gasteiger partial charge < -0.3 is 35.3 Å². The zero-order valence-electron chi connectivity index (χ0n) is 20.7. The van der Waals surface area contributed by atoms with Gasteiger partial charge in [0, 0.05) is 0 Å². The minimum absolute atomic E-state index is 0.00865. The van der Waals surface area contributed by atoms with E-state index >= 15 is 8.78 Å². The summed E-state index contributed by atoms with van der Waals surface area (Å²) in [5.74, 6) is -0.269. The Hall–Kier alpha value is -3.27. The Morgan fingerprint density at radius 1 is 1.10 bits per heavy atom. The molecule has 1 saturated carbocycles. The topological polar surface area (TPSA) is 251 Å². The number of aliphatic hydroxyl groups excluding tert-OH is 1. The van der Waals surface area contributed by atoms with Gasteiger partial charge in [-0.25, -0.2) is 23.7 Å². The van der Waals surface area contributed by atoms with E-state index in [2.05, 4.69) is 29.9 Å². The molecule has 7 N–H and O–H groups in total. The predicted molar refractivity (Wildman–Crippen MR) is 137 cm³/mol. The fourth-order valence-electron chi connectivity index (χ4n) is 5.30. The Morgan fingerprint density at radius 3 is 2.45 bits per heavy atom. The van der Waals surface area contributed by atoms with Gasteiger partial charge in [-0.2, -0.15) is 4.98 Å². The van der Waals surface area contributed by atoms with Gasteiger partial charge >= 0.3 is 6.72 Å². The van der Waals surface area contributed by atoms with E-state index in [1.54, 1.807) is 0 Å². The Kier molecular flexibility index (Phi) is 6.14. The fraction of sp³-hybridized carbons (Fsp3) is 0.500. The number of imidazole rings is 2. The van der Waals surface area contributed by atoms with Gasteiger partial charge in [0.2, 0.25) is 5.95 Å². The van der Waals surface area contributed by atoms with Crippen molar-refractivity contribution in [1.82, 2.24) is 39.0 Å². The Labute approximate surface area is 235 Å². The Morgan fingerprint density at radius 2 is 1.79 bits per heavy atom. The molecule has 6 heterocycles. The van der Waals surface area contributed by atoms with Crippen LogP contribution in [0.15, 0.2) is 28.6 Å². The Balaban J connectivity index is 1.11. The van der Waals surface area contributed by atoms with Gasteiger partial charge in [0.05, 0.1) is 25.6 Å². The van der Waals surface area contributed by atoms with Crippen molar-refractivity contribution in [3.05, 3.63) is 39.7 Å². The van der Waals surface area contributed by atoms with Crippen LogP contribution in [0.3, 0.4) is 0 Å². The summed E-state index contributed by atoms with van der Waals surface area (Å²) in [7, 11) is 0. The van der Waals surface area contributed by atoms with Crippen LogP contribution in [0.25, 0.3) is 22.3 Å². The molecule has 0 amide bonds. The molecule has 7 rings (SSSR count). The van der Waals surface area contributed by atoms with Crippen LogP contribution in [0.4, 0.5) is 14.7 Å². The van der Waals surface area contributed by atoms with Gasteiger partial charge in [0.1, 0.15) is 24.4 Å². The second kappa shape index (κ2) is 9.36. The first kappa shape index (κ1) is 27.6. The molecule has 42 heavy (non-hydrogen) atoms. The molecule has 0 radical (unpaired) electrons. The first-order valence-corrected chi connectivity index (χ1v) is 14.8. The fourth-order valence-corrected chi connectivity index (χ4v) is 7.02. The number of aromatic amines is 2. The molecular formula is C20H20F2N9O9PS. The number of halogens is 2. The molecule has 4 aromatic rings. The molecule has 3 fully saturated rings. The van der Waals surface area contributed by atoms with Crippen molar-refractivity contribution >= 4 is 46.8 Å². The number of aromatic nitrogens is 8. The molecule has 2 aliphatic heterocycles. The number of anilines is 1. The number of nitrogens with two attached hydrogens (primary N) is 1. The quantitative estimate of drug-likeness (QED) is 0.121. The molecule has 2 unspecified atom stereocenters. The number of ether oxygens (including phenoxy) is 2. The maximum absolute atomic E-state index is 15.5. The first-order valence-electron chi connectivity index (χ1n) is 12.2. The molecular weight excluding hydrogens is 611 g/mol. The lowest BCUT2D eigenvalue weighted by Gasteiger charge is -2.27. The summed E-state index contributed by atoms with van der Waals surface area (Å²) < 4.78 is 55.1. The number of rotatable bonds is 7. The predicted octanol–water partition coefficient (Wildman–Crippen LogP) is -1.97. The summed E-state index contributed by atoms with van der Waals surface area (Å²) in [4.78, 5) is 55.4. The van der Waals surface area contributed by atoms with Crippen LogP contribution in [-0.2, 0) is 30.3 Å². The summed E-state index contributed by atoms with van der Waals surface area (Å²) in [6.07, 6.45) is -9.81. The lowest BCUT2D eigenvalue weighted by molar-refractivity contribution is -0.0649. The van der Waals surface area contributed by atoms with Crippen molar-refractivity contribution in [3.63, 3.8) is 0 Å². The van der Waals surface area contributed by atoms with E-state index < -0.39 is 79.3 Å². The van der Waals surface area contributed by atoms with Crippen LogP contribution in [-0.4, -0.2) is 103 Å². The van der Waals surface area contributed by atoms with Gasteiger partial charge in [-0.3, -0.25) is 32.8 Å². The summed E-state index contributed by atoms with van der Waals surface area (Å²) in [5.41, 5.74) is 1.76. The highest BCUT2D eigenvalue weighted by Gasteiger charge is 2.80. The number of aliphatic hydroxyl groups is 2. The molecule has 0 spiro atoms. The summed E-state index contributed by atoms with van der Waals surface area (Å²) >= 11 is 5.07. The average Bonchev–Trinajstić information content (AvgIpc) is 3.45. The minimum atomic E-state index is -4.48. The largest absolute Gasteiger partial charge is 0.394 e. The summed E-state index contributed by atoms with van der Waals surface area (Å²) in [6.45, 7) is -5.26. The number of nitrogen functional groups attached to an aromatic ring is 1. The highest BCUT2D eigenvalue weighted by molar-refractivity contribution is 8.07. The van der Waals surface area contributed by atoms with E-state index in [0.29, 0.717) is 0 Å². The SMILES string of the molecule is Nc1nc2c(ncn2[C@@H]2O[C@H](CO)[C@@H](F)[C@H]2OP(O)(=S)OC2[C@H]3O[C@@H](n4cnc5c(=O)[nH]cnc54)[C@@H](F)[C@@]23O)c(=O)[nH]1. The first-order chi connectivity index (χ1) is 19.9. The second-order valence-electron chi connectivity index (χ2n) is 9.82. The molecule has 3 aliphatic rings. The zero-order chi connectivity index (χ0) is 29.7. The minimum Gasteiger partial charge on any atom is -0.394 e. The maximum atomic E-state index is 15.5. The molecule has 10 atom stereocenters. The van der Waals surface area contributed by atoms with E-state index in [-0.39, 0.29) is 28.3 Å². The van der Waals surface area contributed by atoms with Crippen LogP contribution < -0.4 is 16.9 Å². The Bertz CT molecular complexity index is 1890. The van der Waals surface area contributed by atoms with Gasteiger partial charge in [-0.1, -0.05) is 0 Å². The number of H-pyrrole nitrogens is 2. The van der Waals surface area contributed by atoms with Crippen LogP contribution in [0.2, 0.25) is 0 Å². The maximum Gasteiger partial charge on any atom is 0.325 e. The molecule has 4 aromatic heterocycles. The number of alkyl halides is 2. The van der Waals surface area contributed by atoms with E-state index in [0.717, 1.165) is 28.1 Å². The molecule has 1 aliphatic carbocycles. The summed E-state index contributed by atoms with van der Waals surface area (Å²) in [6, 6.07) is 0. The van der Waals surface area contributed by atoms with E-state index in [9.17, 15) is 24.7 Å². The third kappa shape index (κ3) is 3.97. The molecule has 18 nitrogen and oxygen atoms in total. The van der Waals surface area contributed by atoms with Crippen molar-refractivity contribution in [3.8, 4) is 0 Å². The molecule has 22 heteroatoms. The third-order valence-corrected chi connectivity index (χ3v) is 8.89. The smallest absolute Gasteiger partial charge is 0.325 e. The number of nitrogens with zero attached hydrogens (tertiary/aromatic N) is 6. The van der Waals surface area contributed by atoms with Crippen LogP contribution in [0, 0.1) is 0 Å². The van der Waals surface area contributed by atoms with Crippen molar-refractivity contribution in [1.29, 1.82) is 0 Å². The second-order valence-corrected chi connectivity index (χ2v) is 12.6. The molecule has 0 bridgehead atoms. The normalized spacial score (nSPS) is 35.5. The van der Waals surface area contributed by atoms with E-state index in [1.165, 1.54) is 0 Å². The number of hydrogen-bond acceptors (Lipinski definition) is 14. The van der Waals surface area contributed by atoms with Crippen molar-refractivity contribution in [2.45, 2.75) is 54.8 Å². The van der Waals surface area contributed by atoms with Gasteiger partial charge in [-0.05, 0) is 11.8 Å². The highest BCUT2D eigenvalue weighted by atomic mass is 32.5. The standard InChI is InChI=1S/C20H20F2N9O9PS/c21-6-5(1-32)37-17(31-4-27-8-14(31)28-19(23)29-16(8)34)9(6)39-41(36,42)40-12-11-20(12,35)10(22)18(38-11)30-3-26-7-13(30)24-2-25-15(7)33/h2-6,9-12,17-18,32,35H,1H2,(H,36,42)(H,24,25,33)(H3,23,28,29,34)/t5-,6-,9-,10-,11-,12?,17-,18-,20+,41?/m1/s1. The summed E-state index contributed by atoms with van der Waals surface area (Å²) in [5, 5.41) is 20.6. The highest BCUT2D eigenvalue weighted by Crippen LogP contribution is 2.63. The zero-order valence-corrected chi connectivity index (χ0v) is 22.4.